The summed E-state index contributed by atoms with van der Waals surface area (Å²) in [5.74, 6) is 1.64. The van der Waals surface area contributed by atoms with Crippen LogP contribution in [0.3, 0.4) is 0 Å². The Labute approximate surface area is 119 Å². The molecule has 1 heterocycles. The second-order valence-electron chi connectivity index (χ2n) is 5.76. The molecule has 2 fully saturated rings. The Balaban J connectivity index is 1.89. The highest BCUT2D eigenvalue weighted by Gasteiger charge is 2.35. The molecule has 1 saturated heterocycles. The molecule has 1 amide bonds. The number of hydrogen-bond acceptors (Lipinski definition) is 3. The van der Waals surface area contributed by atoms with Crippen molar-refractivity contribution in [2.75, 3.05) is 0 Å². The number of carbonyl (C=O) groups excluding carboxylic acids is 1. The van der Waals surface area contributed by atoms with Crippen molar-refractivity contribution in [1.29, 1.82) is 0 Å². The zero-order chi connectivity index (χ0) is 14.5. The fourth-order valence-corrected chi connectivity index (χ4v) is 3.29. The molecule has 5 heteroatoms. The highest BCUT2D eigenvalue weighted by Crippen LogP contribution is 2.32. The third kappa shape index (κ3) is 3.51. The van der Waals surface area contributed by atoms with Gasteiger partial charge in [0.2, 0.25) is 5.91 Å². The van der Waals surface area contributed by atoms with Crippen molar-refractivity contribution in [3.8, 4) is 12.3 Å². The number of amides is 1. The number of nitrogens with one attached hydrogen (secondary N) is 2. The fourth-order valence-electron chi connectivity index (χ4n) is 3.29. The van der Waals surface area contributed by atoms with Gasteiger partial charge in [-0.25, -0.2) is 4.79 Å². The minimum Gasteiger partial charge on any atom is -0.480 e. The van der Waals surface area contributed by atoms with Crippen molar-refractivity contribution >= 4 is 11.9 Å². The molecule has 0 bridgehead atoms. The van der Waals surface area contributed by atoms with E-state index in [1.807, 2.05) is 0 Å². The summed E-state index contributed by atoms with van der Waals surface area (Å²) in [7, 11) is 0. The van der Waals surface area contributed by atoms with Crippen molar-refractivity contribution in [2.45, 2.75) is 63.1 Å². The fraction of sp³-hybridized carbons (Fsp3) is 0.733. The first kappa shape index (κ1) is 14.9. The van der Waals surface area contributed by atoms with Gasteiger partial charge in [0.05, 0.1) is 6.04 Å². The van der Waals surface area contributed by atoms with Crippen molar-refractivity contribution in [1.82, 2.24) is 10.6 Å². The molecule has 1 saturated carbocycles. The molecule has 0 aromatic rings. The van der Waals surface area contributed by atoms with Crippen LogP contribution in [0.2, 0.25) is 0 Å². The first-order valence-corrected chi connectivity index (χ1v) is 7.34. The largest absolute Gasteiger partial charge is 0.480 e. The molecular formula is C15H22N2O3. The molecule has 110 valence electrons. The van der Waals surface area contributed by atoms with Crippen LogP contribution in [-0.4, -0.2) is 35.1 Å². The third-order valence-electron chi connectivity index (χ3n) is 4.40. The van der Waals surface area contributed by atoms with Crippen LogP contribution in [0.1, 0.15) is 44.9 Å². The molecule has 20 heavy (non-hydrogen) atoms. The number of hydrogen-bond donors (Lipinski definition) is 3. The lowest BCUT2D eigenvalue weighted by molar-refractivity contribution is -0.142. The first-order valence-electron chi connectivity index (χ1n) is 7.34. The SMILES string of the molecule is C#CCC(NC(=O)C1CCC2CCCCC2N1)C(=O)O. The standard InChI is InChI=1S/C15H22N2O3/c1-2-5-13(15(19)20)17-14(18)12-9-8-10-6-3-4-7-11(10)16-12/h1,10-13,16H,3-9H2,(H,17,18)(H,19,20). The number of terminal acetylenes is 1. The summed E-state index contributed by atoms with van der Waals surface area (Å²) in [5.41, 5.74) is 0. The Morgan fingerprint density at radius 1 is 1.30 bits per heavy atom. The molecule has 1 aliphatic carbocycles. The second kappa shape index (κ2) is 6.76. The van der Waals surface area contributed by atoms with Gasteiger partial charge in [-0.05, 0) is 31.6 Å². The summed E-state index contributed by atoms with van der Waals surface area (Å²) < 4.78 is 0. The van der Waals surface area contributed by atoms with Crippen LogP contribution >= 0.6 is 0 Å². The maximum atomic E-state index is 12.2. The summed E-state index contributed by atoms with van der Waals surface area (Å²) >= 11 is 0. The number of rotatable bonds is 4. The minimum absolute atomic E-state index is 0.0137. The van der Waals surface area contributed by atoms with Crippen molar-refractivity contribution < 1.29 is 14.7 Å². The Hall–Kier alpha value is -1.54. The van der Waals surface area contributed by atoms with Crippen LogP contribution < -0.4 is 10.6 Å². The summed E-state index contributed by atoms with van der Waals surface area (Å²) in [6.45, 7) is 0. The summed E-state index contributed by atoms with van der Waals surface area (Å²) in [6.07, 6.45) is 11.8. The van der Waals surface area contributed by atoms with Crippen LogP contribution in [0.4, 0.5) is 0 Å². The van der Waals surface area contributed by atoms with Gasteiger partial charge in [0.1, 0.15) is 6.04 Å². The van der Waals surface area contributed by atoms with Crippen LogP contribution in [0, 0.1) is 18.3 Å². The number of piperidine rings is 1. The third-order valence-corrected chi connectivity index (χ3v) is 4.40. The van der Waals surface area contributed by atoms with Crippen molar-refractivity contribution in [3.63, 3.8) is 0 Å². The highest BCUT2D eigenvalue weighted by molar-refractivity contribution is 5.87. The van der Waals surface area contributed by atoms with E-state index in [1.54, 1.807) is 0 Å². The Morgan fingerprint density at radius 2 is 2.05 bits per heavy atom. The Morgan fingerprint density at radius 3 is 2.75 bits per heavy atom. The van der Waals surface area contributed by atoms with Gasteiger partial charge in [0, 0.05) is 12.5 Å². The van der Waals surface area contributed by atoms with E-state index in [0.29, 0.717) is 12.0 Å². The number of fused-ring (bicyclic) bond motifs is 1. The molecule has 4 unspecified atom stereocenters. The number of carboxylic acid groups (broad SMARTS) is 1. The predicted octanol–water partition coefficient (Wildman–Crippen LogP) is 0.890. The van der Waals surface area contributed by atoms with E-state index in [1.165, 1.54) is 19.3 Å². The topological polar surface area (TPSA) is 78.4 Å². The average molecular weight is 278 g/mol. The normalized spacial score (nSPS) is 30.6. The molecular weight excluding hydrogens is 256 g/mol. The van der Waals surface area contributed by atoms with Crippen LogP contribution in [-0.2, 0) is 9.59 Å². The zero-order valence-electron chi connectivity index (χ0n) is 11.6. The summed E-state index contributed by atoms with van der Waals surface area (Å²) in [4.78, 5) is 23.2. The predicted molar refractivity (Wildman–Crippen MR) is 74.9 cm³/mol. The van der Waals surface area contributed by atoms with E-state index in [9.17, 15) is 9.59 Å². The lowest BCUT2D eigenvalue weighted by Gasteiger charge is -2.40. The maximum Gasteiger partial charge on any atom is 0.327 e. The lowest BCUT2D eigenvalue weighted by atomic mass is 9.77. The average Bonchev–Trinajstić information content (AvgIpc) is 2.46. The Bertz CT molecular complexity index is 416. The van der Waals surface area contributed by atoms with Crippen LogP contribution in [0.5, 0.6) is 0 Å². The molecule has 0 spiro atoms. The maximum absolute atomic E-state index is 12.2. The number of aliphatic carboxylic acids is 1. The van der Waals surface area contributed by atoms with Gasteiger partial charge in [-0.1, -0.05) is 12.8 Å². The number of carbonyl (C=O) groups is 2. The first-order chi connectivity index (χ1) is 9.61. The van der Waals surface area contributed by atoms with E-state index in [2.05, 4.69) is 16.6 Å². The minimum atomic E-state index is -1.08. The second-order valence-corrected chi connectivity index (χ2v) is 5.76. The molecule has 0 radical (unpaired) electrons. The molecule has 0 aromatic carbocycles. The van der Waals surface area contributed by atoms with E-state index in [4.69, 9.17) is 11.5 Å². The lowest BCUT2D eigenvalue weighted by Crippen LogP contribution is -2.57. The quantitative estimate of drug-likeness (QED) is 0.667. The molecule has 3 N–H and O–H groups in total. The van der Waals surface area contributed by atoms with E-state index >= 15 is 0 Å². The molecule has 4 atom stereocenters. The van der Waals surface area contributed by atoms with Gasteiger partial charge in [-0.2, -0.15) is 0 Å². The smallest absolute Gasteiger partial charge is 0.327 e. The molecule has 5 nitrogen and oxygen atoms in total. The number of carboxylic acids is 1. The van der Waals surface area contributed by atoms with Gasteiger partial charge in [-0.15, -0.1) is 12.3 Å². The zero-order valence-corrected chi connectivity index (χ0v) is 11.6. The van der Waals surface area contributed by atoms with E-state index in [-0.39, 0.29) is 18.4 Å². The van der Waals surface area contributed by atoms with Gasteiger partial charge in [0.25, 0.3) is 0 Å². The molecule has 0 aromatic heterocycles. The van der Waals surface area contributed by atoms with Gasteiger partial charge >= 0.3 is 5.97 Å². The molecule has 2 rings (SSSR count). The monoisotopic (exact) mass is 278 g/mol. The van der Waals surface area contributed by atoms with Gasteiger partial charge in [-0.3, -0.25) is 4.79 Å². The van der Waals surface area contributed by atoms with E-state index in [0.717, 1.165) is 19.3 Å². The van der Waals surface area contributed by atoms with E-state index < -0.39 is 12.0 Å². The van der Waals surface area contributed by atoms with Gasteiger partial charge < -0.3 is 15.7 Å². The summed E-state index contributed by atoms with van der Waals surface area (Å²) in [6, 6.07) is -0.864. The van der Waals surface area contributed by atoms with Gasteiger partial charge in [0.15, 0.2) is 0 Å². The highest BCUT2D eigenvalue weighted by atomic mass is 16.4. The molecule has 2 aliphatic rings. The Kier molecular flexibility index (Phi) is 5.02. The summed E-state index contributed by atoms with van der Waals surface area (Å²) in [5, 5.41) is 14.9. The van der Waals surface area contributed by atoms with Crippen molar-refractivity contribution in [2.24, 2.45) is 5.92 Å². The van der Waals surface area contributed by atoms with Crippen LogP contribution in [0.25, 0.3) is 0 Å². The van der Waals surface area contributed by atoms with Crippen LogP contribution in [0.15, 0.2) is 0 Å². The molecule has 1 aliphatic heterocycles. The van der Waals surface area contributed by atoms with Crippen molar-refractivity contribution in [3.05, 3.63) is 0 Å².